The van der Waals surface area contributed by atoms with Crippen molar-refractivity contribution in [2.24, 2.45) is 0 Å². The molecule has 0 fully saturated rings. The second kappa shape index (κ2) is 8.98. The number of esters is 1. The molecule has 10 heteroatoms. The lowest BCUT2D eigenvalue weighted by Crippen LogP contribution is -2.31. The summed E-state index contributed by atoms with van der Waals surface area (Å²) in [6.07, 6.45) is 1.32. The van der Waals surface area contributed by atoms with Crippen molar-refractivity contribution in [3.63, 3.8) is 0 Å². The highest BCUT2D eigenvalue weighted by atomic mass is 32.2. The van der Waals surface area contributed by atoms with E-state index >= 15 is 0 Å². The van der Waals surface area contributed by atoms with Crippen molar-refractivity contribution in [3.05, 3.63) is 42.1 Å². The Bertz CT molecular complexity index is 954. The van der Waals surface area contributed by atoms with Gasteiger partial charge in [0.15, 0.2) is 6.10 Å². The molecule has 0 aliphatic rings. The lowest BCUT2D eigenvalue weighted by Gasteiger charge is -2.17. The van der Waals surface area contributed by atoms with Crippen molar-refractivity contribution < 1.29 is 22.7 Å². The first-order chi connectivity index (χ1) is 13.2. The number of aromatic nitrogens is 2. The fourth-order valence-electron chi connectivity index (χ4n) is 2.36. The van der Waals surface area contributed by atoms with Gasteiger partial charge in [-0.15, -0.1) is 0 Å². The Labute approximate surface area is 164 Å². The zero-order valence-corrected chi connectivity index (χ0v) is 17.0. The third-order valence-electron chi connectivity index (χ3n) is 4.23. The van der Waals surface area contributed by atoms with Gasteiger partial charge in [-0.1, -0.05) is 13.0 Å². The summed E-state index contributed by atoms with van der Waals surface area (Å²) < 4.78 is 32.8. The molecular weight excluding hydrogens is 384 g/mol. The van der Waals surface area contributed by atoms with Gasteiger partial charge in [0, 0.05) is 6.07 Å². The number of hydrogen-bond acceptors (Lipinski definition) is 6. The number of benzene rings is 1. The summed E-state index contributed by atoms with van der Waals surface area (Å²) in [4.78, 5) is 24.6. The Morgan fingerprint density at radius 2 is 1.96 bits per heavy atom. The number of nitrogens with zero attached hydrogens (tertiary/aromatic N) is 2. The van der Waals surface area contributed by atoms with Gasteiger partial charge in [0.1, 0.15) is 5.82 Å². The molecule has 1 heterocycles. The van der Waals surface area contributed by atoms with E-state index in [1.54, 1.807) is 16.9 Å². The van der Waals surface area contributed by atoms with Gasteiger partial charge in [-0.05, 0) is 45.5 Å². The van der Waals surface area contributed by atoms with Gasteiger partial charge >= 0.3 is 5.97 Å². The van der Waals surface area contributed by atoms with E-state index < -0.39 is 28.0 Å². The molecule has 0 aliphatic heterocycles. The summed E-state index contributed by atoms with van der Waals surface area (Å²) in [6, 6.07) is 7.15. The zero-order chi connectivity index (χ0) is 20.9. The van der Waals surface area contributed by atoms with Crippen LogP contribution in [0.2, 0.25) is 0 Å². The van der Waals surface area contributed by atoms with Crippen molar-refractivity contribution in [2.75, 3.05) is 12.4 Å². The molecule has 0 unspecified atom stereocenters. The maximum atomic E-state index is 12.4. The minimum atomic E-state index is -3.70. The molecule has 2 atom stereocenters. The highest BCUT2D eigenvalue weighted by Gasteiger charge is 2.22. The summed E-state index contributed by atoms with van der Waals surface area (Å²) in [6.45, 7) is 5.41. The Balaban J connectivity index is 2.07. The molecule has 9 nitrogen and oxygen atoms in total. The van der Waals surface area contributed by atoms with Crippen molar-refractivity contribution in [2.45, 2.75) is 44.2 Å². The maximum absolute atomic E-state index is 12.4. The average Bonchev–Trinajstić information content (AvgIpc) is 3.15. The molecular formula is C18H24N4O5S. The van der Waals surface area contributed by atoms with Gasteiger partial charge in [0.2, 0.25) is 10.0 Å². The molecule has 0 saturated carbocycles. The van der Waals surface area contributed by atoms with Gasteiger partial charge in [-0.2, -0.15) is 5.10 Å². The summed E-state index contributed by atoms with van der Waals surface area (Å²) in [5, 5.41) is 6.87. The number of carbonyl (C=O) groups excluding carboxylic acids is 2. The lowest BCUT2D eigenvalue weighted by atomic mass is 10.2. The van der Waals surface area contributed by atoms with Gasteiger partial charge in [0.25, 0.3) is 5.91 Å². The van der Waals surface area contributed by atoms with Gasteiger partial charge < -0.3 is 10.1 Å². The second-order valence-electron chi connectivity index (χ2n) is 6.19. The number of sulfonamides is 1. The molecule has 0 radical (unpaired) electrons. The third kappa shape index (κ3) is 4.96. The predicted molar refractivity (Wildman–Crippen MR) is 103 cm³/mol. The van der Waals surface area contributed by atoms with Crippen molar-refractivity contribution in [1.82, 2.24) is 14.5 Å². The van der Waals surface area contributed by atoms with E-state index in [0.29, 0.717) is 5.82 Å². The molecule has 1 amide bonds. The molecule has 0 spiro atoms. The first kappa shape index (κ1) is 21.6. The van der Waals surface area contributed by atoms with Crippen LogP contribution in [0.25, 0.3) is 0 Å². The molecule has 28 heavy (non-hydrogen) atoms. The summed E-state index contributed by atoms with van der Waals surface area (Å²) in [7, 11) is -2.42. The quantitative estimate of drug-likeness (QED) is 0.644. The van der Waals surface area contributed by atoms with Crippen molar-refractivity contribution in [1.29, 1.82) is 0 Å². The van der Waals surface area contributed by atoms with Crippen LogP contribution >= 0.6 is 0 Å². The largest absolute Gasteiger partial charge is 0.449 e. The van der Waals surface area contributed by atoms with Crippen LogP contribution in [0.3, 0.4) is 0 Å². The molecule has 2 aromatic rings. The molecule has 0 saturated heterocycles. The SMILES string of the molecule is CC[C@H](C)n1nccc1NC(=O)[C@@H](C)OC(=O)c1cccc(S(=O)(=O)NC)c1. The zero-order valence-electron chi connectivity index (χ0n) is 16.2. The summed E-state index contributed by atoms with van der Waals surface area (Å²) >= 11 is 0. The van der Waals surface area contributed by atoms with E-state index in [9.17, 15) is 18.0 Å². The fraction of sp³-hybridized carbons (Fsp3) is 0.389. The minimum Gasteiger partial charge on any atom is -0.449 e. The van der Waals surface area contributed by atoms with Gasteiger partial charge in [0.05, 0.1) is 22.7 Å². The number of carbonyl (C=O) groups is 2. The molecule has 1 aromatic carbocycles. The Morgan fingerprint density at radius 1 is 1.25 bits per heavy atom. The van der Waals surface area contributed by atoms with Crippen LogP contribution in [-0.4, -0.2) is 43.2 Å². The Kier molecular flexibility index (Phi) is 6.92. The molecule has 152 valence electrons. The molecule has 1 aromatic heterocycles. The van der Waals surface area contributed by atoms with Gasteiger partial charge in [-0.3, -0.25) is 4.79 Å². The number of amides is 1. The maximum Gasteiger partial charge on any atom is 0.338 e. The summed E-state index contributed by atoms with van der Waals surface area (Å²) in [5.74, 6) is -0.812. The van der Waals surface area contributed by atoms with Crippen LogP contribution in [0.5, 0.6) is 0 Å². The van der Waals surface area contributed by atoms with E-state index in [-0.39, 0.29) is 16.5 Å². The number of rotatable bonds is 8. The average molecular weight is 408 g/mol. The van der Waals surface area contributed by atoms with Crippen molar-refractivity contribution in [3.8, 4) is 0 Å². The topological polar surface area (TPSA) is 119 Å². The first-order valence-electron chi connectivity index (χ1n) is 8.78. The number of hydrogen-bond donors (Lipinski definition) is 2. The standard InChI is InChI=1S/C18H24N4O5S/c1-5-12(2)22-16(9-10-20-22)21-17(23)13(3)27-18(24)14-7-6-8-15(11-14)28(25,26)19-4/h6-13,19H,5H2,1-4H3,(H,21,23)/t12-,13+/m0/s1. The summed E-state index contributed by atoms with van der Waals surface area (Å²) in [5.41, 5.74) is 0.0284. The third-order valence-corrected chi connectivity index (χ3v) is 5.64. The van der Waals surface area contributed by atoms with Crippen LogP contribution in [0, 0.1) is 0 Å². The number of ether oxygens (including phenoxy) is 1. The Morgan fingerprint density at radius 3 is 2.61 bits per heavy atom. The van der Waals surface area contributed by atoms with E-state index in [0.717, 1.165) is 6.42 Å². The normalized spacial score (nSPS) is 13.6. The minimum absolute atomic E-state index is 0.0284. The van der Waals surface area contributed by atoms with Crippen molar-refractivity contribution >= 4 is 27.7 Å². The Hall–Kier alpha value is -2.72. The lowest BCUT2D eigenvalue weighted by molar-refractivity contribution is -0.123. The highest BCUT2D eigenvalue weighted by molar-refractivity contribution is 7.89. The van der Waals surface area contributed by atoms with Crippen LogP contribution in [-0.2, 0) is 19.6 Å². The second-order valence-corrected chi connectivity index (χ2v) is 8.08. The first-order valence-corrected chi connectivity index (χ1v) is 10.3. The van der Waals surface area contributed by atoms with Gasteiger partial charge in [-0.25, -0.2) is 22.6 Å². The van der Waals surface area contributed by atoms with Crippen LogP contribution < -0.4 is 10.0 Å². The van der Waals surface area contributed by atoms with E-state index in [1.807, 2.05) is 13.8 Å². The molecule has 0 bridgehead atoms. The number of nitrogens with one attached hydrogen (secondary N) is 2. The molecule has 2 rings (SSSR count). The molecule has 2 N–H and O–H groups in total. The van der Waals surface area contributed by atoms with E-state index in [1.165, 1.54) is 38.2 Å². The van der Waals surface area contributed by atoms with Crippen LogP contribution in [0.4, 0.5) is 5.82 Å². The molecule has 0 aliphatic carbocycles. The smallest absolute Gasteiger partial charge is 0.338 e. The van der Waals surface area contributed by atoms with Crippen LogP contribution in [0.15, 0.2) is 41.4 Å². The van der Waals surface area contributed by atoms with E-state index in [2.05, 4.69) is 15.1 Å². The van der Waals surface area contributed by atoms with Crippen LogP contribution in [0.1, 0.15) is 43.6 Å². The van der Waals surface area contributed by atoms with E-state index in [4.69, 9.17) is 4.74 Å². The highest BCUT2D eigenvalue weighted by Crippen LogP contribution is 2.17. The number of anilines is 1. The monoisotopic (exact) mass is 408 g/mol. The fourth-order valence-corrected chi connectivity index (χ4v) is 3.13. The predicted octanol–water partition coefficient (Wildman–Crippen LogP) is 1.95.